The summed E-state index contributed by atoms with van der Waals surface area (Å²) in [5.74, 6) is 0. The van der Waals surface area contributed by atoms with Crippen LogP contribution in [-0.2, 0) is 4.75 Å². The van der Waals surface area contributed by atoms with Crippen LogP contribution in [0.25, 0.3) is 11.1 Å². The van der Waals surface area contributed by atoms with Crippen molar-refractivity contribution in [1.82, 2.24) is 0 Å². The van der Waals surface area contributed by atoms with Crippen molar-refractivity contribution < 1.29 is 0 Å². The predicted molar refractivity (Wildman–Crippen MR) is 82.1 cm³/mol. The van der Waals surface area contributed by atoms with Crippen LogP contribution in [0.3, 0.4) is 0 Å². The standard InChI is InChI=1S/C16H11BrS/c17-15-9-10-18-16(15)13-7-3-1-5-11(13)12-6-2-4-8-14(12)16/h1-10,15H. The molecule has 0 saturated carbocycles. The van der Waals surface area contributed by atoms with E-state index in [9.17, 15) is 0 Å². The number of thioether (sulfide) groups is 1. The van der Waals surface area contributed by atoms with Gasteiger partial charge in [0.25, 0.3) is 0 Å². The van der Waals surface area contributed by atoms with Crippen molar-refractivity contribution in [3.8, 4) is 11.1 Å². The first-order valence-corrected chi connectivity index (χ1v) is 7.81. The molecule has 0 N–H and O–H groups in total. The van der Waals surface area contributed by atoms with E-state index in [2.05, 4.69) is 75.9 Å². The molecule has 2 heteroatoms. The van der Waals surface area contributed by atoms with Crippen LogP contribution in [0, 0.1) is 0 Å². The van der Waals surface area contributed by atoms with E-state index < -0.39 is 0 Å². The van der Waals surface area contributed by atoms with Crippen molar-refractivity contribution in [1.29, 1.82) is 0 Å². The van der Waals surface area contributed by atoms with Gasteiger partial charge in [0.15, 0.2) is 0 Å². The lowest BCUT2D eigenvalue weighted by Gasteiger charge is -2.29. The average molecular weight is 315 g/mol. The van der Waals surface area contributed by atoms with Gasteiger partial charge in [-0.05, 0) is 27.7 Å². The van der Waals surface area contributed by atoms with Crippen LogP contribution in [-0.4, -0.2) is 4.83 Å². The van der Waals surface area contributed by atoms with E-state index in [1.165, 1.54) is 22.3 Å². The van der Waals surface area contributed by atoms with Gasteiger partial charge >= 0.3 is 0 Å². The summed E-state index contributed by atoms with van der Waals surface area (Å²) in [7, 11) is 0. The van der Waals surface area contributed by atoms with E-state index in [1.807, 2.05) is 11.8 Å². The number of rotatable bonds is 0. The molecule has 0 radical (unpaired) electrons. The van der Waals surface area contributed by atoms with Crippen LogP contribution in [0.4, 0.5) is 0 Å². The molecule has 0 nitrogen and oxygen atoms in total. The highest BCUT2D eigenvalue weighted by Gasteiger charge is 2.49. The minimum Gasteiger partial charge on any atom is -0.116 e. The Hall–Kier alpha value is -0.990. The lowest BCUT2D eigenvalue weighted by Crippen LogP contribution is -2.27. The minimum absolute atomic E-state index is 0.0349. The Kier molecular flexibility index (Phi) is 2.27. The maximum atomic E-state index is 3.85. The average Bonchev–Trinajstić information content (AvgIpc) is 2.94. The molecule has 0 saturated heterocycles. The normalized spacial score (nSPS) is 22.2. The van der Waals surface area contributed by atoms with Crippen molar-refractivity contribution >= 4 is 27.7 Å². The van der Waals surface area contributed by atoms with Crippen molar-refractivity contribution in [3.05, 3.63) is 71.1 Å². The van der Waals surface area contributed by atoms with Crippen molar-refractivity contribution in [2.75, 3.05) is 0 Å². The fourth-order valence-corrected chi connectivity index (χ4v) is 5.51. The Morgan fingerprint density at radius 1 is 0.889 bits per heavy atom. The molecule has 18 heavy (non-hydrogen) atoms. The topological polar surface area (TPSA) is 0 Å². The lowest BCUT2D eigenvalue weighted by atomic mass is 9.92. The Morgan fingerprint density at radius 3 is 1.94 bits per heavy atom. The summed E-state index contributed by atoms with van der Waals surface area (Å²) in [6.07, 6.45) is 2.25. The van der Waals surface area contributed by atoms with E-state index in [0.29, 0.717) is 4.83 Å². The molecule has 0 fully saturated rings. The van der Waals surface area contributed by atoms with Gasteiger partial charge in [-0.15, -0.1) is 11.8 Å². The molecule has 1 aliphatic carbocycles. The molecule has 2 aromatic carbocycles. The molecule has 0 aromatic heterocycles. The SMILES string of the molecule is BrC1C=CSC12c1ccccc1-c1ccccc12. The number of hydrogen-bond donors (Lipinski definition) is 0. The molecule has 0 amide bonds. The van der Waals surface area contributed by atoms with Gasteiger partial charge in [0.2, 0.25) is 0 Å². The van der Waals surface area contributed by atoms with E-state index in [-0.39, 0.29) is 4.75 Å². The van der Waals surface area contributed by atoms with Gasteiger partial charge in [0, 0.05) is 0 Å². The molecule has 88 valence electrons. The van der Waals surface area contributed by atoms with Gasteiger partial charge < -0.3 is 0 Å². The molecule has 1 atom stereocenters. The summed E-state index contributed by atoms with van der Waals surface area (Å²) in [4.78, 5) is 0.361. The Morgan fingerprint density at radius 2 is 1.44 bits per heavy atom. The third kappa shape index (κ3) is 1.18. The van der Waals surface area contributed by atoms with Crippen molar-refractivity contribution in [2.45, 2.75) is 9.57 Å². The molecule has 2 aliphatic rings. The highest BCUT2D eigenvalue weighted by molar-refractivity contribution is 9.09. The summed E-state index contributed by atoms with van der Waals surface area (Å²) < 4.78 is 0.0349. The lowest BCUT2D eigenvalue weighted by molar-refractivity contribution is 0.819. The number of alkyl halides is 1. The Balaban J connectivity index is 2.11. The number of allylic oxidation sites excluding steroid dienone is 1. The quantitative estimate of drug-likeness (QED) is 0.621. The monoisotopic (exact) mass is 314 g/mol. The third-order valence-corrected chi connectivity index (χ3v) is 6.49. The van der Waals surface area contributed by atoms with Crippen molar-refractivity contribution in [2.24, 2.45) is 0 Å². The number of halogens is 1. The zero-order valence-electron chi connectivity index (χ0n) is 9.64. The maximum Gasteiger partial charge on any atom is 0.0870 e. The predicted octanol–water partition coefficient (Wildman–Crippen LogP) is 4.93. The molecule has 1 spiro atoms. The van der Waals surface area contributed by atoms with Crippen molar-refractivity contribution in [3.63, 3.8) is 0 Å². The Bertz CT molecular complexity index is 614. The van der Waals surface area contributed by atoms with Crippen LogP contribution in [0.1, 0.15) is 11.1 Å². The molecule has 1 unspecified atom stereocenters. The third-order valence-electron chi connectivity index (χ3n) is 3.83. The highest BCUT2D eigenvalue weighted by Crippen LogP contribution is 2.61. The van der Waals surface area contributed by atoms with Gasteiger partial charge in [-0.25, -0.2) is 0 Å². The Labute approximate surface area is 119 Å². The number of hydrogen-bond acceptors (Lipinski definition) is 1. The summed E-state index contributed by atoms with van der Waals surface area (Å²) >= 11 is 5.77. The van der Waals surface area contributed by atoms with E-state index in [1.54, 1.807) is 0 Å². The number of fused-ring (bicyclic) bond motifs is 5. The second-order valence-corrected chi connectivity index (χ2v) is 6.81. The van der Waals surface area contributed by atoms with Gasteiger partial charge in [0.1, 0.15) is 0 Å². The zero-order valence-corrected chi connectivity index (χ0v) is 12.0. The summed E-state index contributed by atoms with van der Waals surface area (Å²) in [5, 5.41) is 2.22. The van der Waals surface area contributed by atoms with Crippen LogP contribution < -0.4 is 0 Å². The summed E-state index contributed by atoms with van der Waals surface area (Å²) in [6, 6.07) is 17.6. The fourth-order valence-electron chi connectivity index (χ4n) is 3.07. The first kappa shape index (κ1) is 10.9. The maximum absolute atomic E-state index is 3.85. The summed E-state index contributed by atoms with van der Waals surface area (Å²) in [5.41, 5.74) is 5.63. The molecule has 0 bridgehead atoms. The highest BCUT2D eigenvalue weighted by atomic mass is 79.9. The second kappa shape index (κ2) is 3.75. The molecule has 2 aromatic rings. The second-order valence-electron chi connectivity index (χ2n) is 4.67. The van der Waals surface area contributed by atoms with Crippen LogP contribution >= 0.6 is 27.7 Å². The van der Waals surface area contributed by atoms with Crippen LogP contribution in [0.5, 0.6) is 0 Å². The minimum atomic E-state index is 0.0349. The zero-order chi connectivity index (χ0) is 12.2. The van der Waals surface area contributed by atoms with E-state index >= 15 is 0 Å². The smallest absolute Gasteiger partial charge is 0.0870 e. The number of benzene rings is 2. The van der Waals surface area contributed by atoms with E-state index in [4.69, 9.17) is 0 Å². The van der Waals surface area contributed by atoms with Gasteiger partial charge in [0.05, 0.1) is 9.57 Å². The molecular weight excluding hydrogens is 304 g/mol. The van der Waals surface area contributed by atoms with Gasteiger partial charge in [-0.1, -0.05) is 70.5 Å². The van der Waals surface area contributed by atoms with Crippen LogP contribution in [0.2, 0.25) is 0 Å². The van der Waals surface area contributed by atoms with E-state index in [0.717, 1.165) is 0 Å². The molecule has 1 heterocycles. The largest absolute Gasteiger partial charge is 0.116 e. The molecule has 1 aliphatic heterocycles. The summed E-state index contributed by atoms with van der Waals surface area (Å²) in [6.45, 7) is 0. The van der Waals surface area contributed by atoms with Crippen LogP contribution in [0.15, 0.2) is 60.0 Å². The molecular formula is C16H11BrS. The van der Waals surface area contributed by atoms with Gasteiger partial charge in [-0.3, -0.25) is 0 Å². The fraction of sp³-hybridized carbons (Fsp3) is 0.125. The first-order chi connectivity index (χ1) is 8.84. The first-order valence-electron chi connectivity index (χ1n) is 6.02. The molecule has 4 rings (SSSR count). The van der Waals surface area contributed by atoms with Gasteiger partial charge in [-0.2, -0.15) is 0 Å².